The third-order valence-electron chi connectivity index (χ3n) is 5.45. The number of nitriles is 3. The van der Waals surface area contributed by atoms with Crippen molar-refractivity contribution in [3.05, 3.63) is 74.2 Å². The summed E-state index contributed by atoms with van der Waals surface area (Å²) in [5.74, 6) is 0.837. The van der Waals surface area contributed by atoms with Crippen LogP contribution in [0.5, 0.6) is 5.75 Å². The van der Waals surface area contributed by atoms with Gasteiger partial charge in [-0.1, -0.05) is 6.08 Å². The molecule has 0 unspecified atom stereocenters. The van der Waals surface area contributed by atoms with E-state index >= 15 is 0 Å². The minimum atomic E-state index is -0.235. The zero-order valence-corrected chi connectivity index (χ0v) is 23.0. The van der Waals surface area contributed by atoms with Gasteiger partial charge in [-0.15, -0.1) is 11.3 Å². The topological polar surface area (TPSA) is 93.1 Å². The number of hydrogen-bond acceptors (Lipinski definition) is 7. The van der Waals surface area contributed by atoms with Gasteiger partial charge in [-0.25, -0.2) is 0 Å². The number of nitrogens with zero attached hydrogens (tertiary/aromatic N) is 4. The van der Waals surface area contributed by atoms with Crippen molar-refractivity contribution in [2.75, 3.05) is 25.1 Å². The number of ether oxygens (including phenoxy) is 2. The molecule has 0 radical (unpaired) electrons. The molecule has 0 aliphatic rings. The molecule has 0 saturated heterocycles. The van der Waals surface area contributed by atoms with Gasteiger partial charge in [0.15, 0.2) is 11.3 Å². The molecule has 0 N–H and O–H groups in total. The van der Waals surface area contributed by atoms with Crippen LogP contribution >= 0.6 is 11.3 Å². The largest absolute Gasteiger partial charge is 0.493 e. The Morgan fingerprint density at radius 2 is 1.62 bits per heavy atom. The summed E-state index contributed by atoms with van der Waals surface area (Å²) in [5, 5.41) is 27.9. The van der Waals surface area contributed by atoms with E-state index in [0.717, 1.165) is 39.8 Å². The van der Waals surface area contributed by atoms with Gasteiger partial charge in [-0.3, -0.25) is 0 Å². The average Bonchev–Trinajstić information content (AvgIpc) is 3.35. The number of benzene rings is 1. The molecule has 0 amide bonds. The van der Waals surface area contributed by atoms with Gasteiger partial charge in [0.1, 0.15) is 24.0 Å². The SMILES string of the molecule is CCN(CC)c1ccc(/C=C/c2ccc(/C=C/C(C)=C(\C#N)C(OC)=C(C#N)C#N)s2)c(OC(C)C)c1. The first-order valence-electron chi connectivity index (χ1n) is 12.0. The Balaban J connectivity index is 2.31. The minimum Gasteiger partial charge on any atom is -0.493 e. The second kappa shape index (κ2) is 14.3. The maximum atomic E-state index is 9.58. The Morgan fingerprint density at radius 1 is 0.973 bits per heavy atom. The number of thiophene rings is 1. The summed E-state index contributed by atoms with van der Waals surface area (Å²) < 4.78 is 11.3. The maximum Gasteiger partial charge on any atom is 0.172 e. The molecule has 0 saturated carbocycles. The zero-order chi connectivity index (χ0) is 27.4. The first-order valence-corrected chi connectivity index (χ1v) is 12.8. The van der Waals surface area contributed by atoms with Gasteiger partial charge < -0.3 is 14.4 Å². The summed E-state index contributed by atoms with van der Waals surface area (Å²) in [6.45, 7) is 11.9. The van der Waals surface area contributed by atoms with Crippen LogP contribution in [0.25, 0.3) is 18.2 Å². The van der Waals surface area contributed by atoms with E-state index in [4.69, 9.17) is 20.0 Å². The van der Waals surface area contributed by atoms with Gasteiger partial charge in [-0.05, 0) is 82.7 Å². The van der Waals surface area contributed by atoms with Crippen molar-refractivity contribution in [2.45, 2.75) is 40.7 Å². The number of rotatable bonds is 11. The molecule has 37 heavy (non-hydrogen) atoms. The van der Waals surface area contributed by atoms with Crippen molar-refractivity contribution in [3.63, 3.8) is 0 Å². The highest BCUT2D eigenvalue weighted by atomic mass is 32.1. The van der Waals surface area contributed by atoms with Gasteiger partial charge >= 0.3 is 0 Å². The first kappa shape index (κ1) is 29.0. The lowest BCUT2D eigenvalue weighted by atomic mass is 10.0. The van der Waals surface area contributed by atoms with Gasteiger partial charge in [0.2, 0.25) is 0 Å². The lowest BCUT2D eigenvalue weighted by Gasteiger charge is -2.23. The molecule has 0 aliphatic carbocycles. The number of allylic oxidation sites excluding steroid dienone is 4. The first-order chi connectivity index (χ1) is 17.8. The summed E-state index contributed by atoms with van der Waals surface area (Å²) >= 11 is 1.60. The van der Waals surface area contributed by atoms with Crippen LogP contribution in [0.15, 0.2) is 58.9 Å². The Hall–Kier alpha value is -4.25. The third kappa shape index (κ3) is 7.87. The van der Waals surface area contributed by atoms with Crippen molar-refractivity contribution in [2.24, 2.45) is 0 Å². The predicted molar refractivity (Wildman–Crippen MR) is 152 cm³/mol. The lowest BCUT2D eigenvalue weighted by Crippen LogP contribution is -2.21. The molecule has 7 heteroatoms. The van der Waals surface area contributed by atoms with E-state index in [2.05, 4.69) is 49.1 Å². The molecular formula is C30H32N4O2S. The molecule has 6 nitrogen and oxygen atoms in total. The van der Waals surface area contributed by atoms with Crippen molar-refractivity contribution < 1.29 is 9.47 Å². The minimum absolute atomic E-state index is 0.0177. The normalized spacial score (nSPS) is 11.6. The number of anilines is 1. The van der Waals surface area contributed by atoms with Crippen molar-refractivity contribution in [1.82, 2.24) is 0 Å². The third-order valence-corrected chi connectivity index (χ3v) is 6.46. The van der Waals surface area contributed by atoms with Crippen LogP contribution in [-0.2, 0) is 4.74 Å². The molecule has 0 fully saturated rings. The van der Waals surface area contributed by atoms with E-state index in [9.17, 15) is 5.26 Å². The van der Waals surface area contributed by atoms with Crippen LogP contribution in [0.3, 0.4) is 0 Å². The second-order valence-electron chi connectivity index (χ2n) is 8.27. The Kier molecular flexibility index (Phi) is 11.2. The molecule has 0 aliphatic heterocycles. The van der Waals surface area contributed by atoms with Crippen LogP contribution in [-0.4, -0.2) is 26.3 Å². The summed E-state index contributed by atoms with van der Waals surface area (Å²) in [4.78, 5) is 4.36. The summed E-state index contributed by atoms with van der Waals surface area (Å²) in [5.41, 5.74) is 2.67. The fourth-order valence-corrected chi connectivity index (χ4v) is 4.40. The molecule has 1 aromatic heterocycles. The van der Waals surface area contributed by atoms with Crippen molar-refractivity contribution in [1.29, 1.82) is 15.8 Å². The number of hydrogen-bond donors (Lipinski definition) is 0. The predicted octanol–water partition coefficient (Wildman–Crippen LogP) is 7.35. The van der Waals surface area contributed by atoms with Gasteiger partial charge in [-0.2, -0.15) is 15.8 Å². The van der Waals surface area contributed by atoms with E-state index in [1.165, 1.54) is 7.11 Å². The van der Waals surface area contributed by atoms with Crippen LogP contribution in [0.2, 0.25) is 0 Å². The molecule has 0 spiro atoms. The molecule has 1 aromatic carbocycles. The summed E-state index contributed by atoms with van der Waals surface area (Å²) in [7, 11) is 1.34. The Morgan fingerprint density at radius 3 is 2.16 bits per heavy atom. The molecule has 190 valence electrons. The smallest absolute Gasteiger partial charge is 0.172 e. The zero-order valence-electron chi connectivity index (χ0n) is 22.2. The lowest BCUT2D eigenvalue weighted by molar-refractivity contribution is 0.242. The van der Waals surface area contributed by atoms with E-state index in [0.29, 0.717) is 5.57 Å². The van der Waals surface area contributed by atoms with Crippen LogP contribution < -0.4 is 9.64 Å². The van der Waals surface area contributed by atoms with Gasteiger partial charge in [0.05, 0.1) is 18.8 Å². The Bertz CT molecular complexity index is 1320. The maximum absolute atomic E-state index is 9.58. The van der Waals surface area contributed by atoms with Crippen LogP contribution in [0.4, 0.5) is 5.69 Å². The second-order valence-corrected chi connectivity index (χ2v) is 9.42. The molecule has 0 atom stereocenters. The fourth-order valence-electron chi connectivity index (χ4n) is 3.59. The summed E-state index contributed by atoms with van der Waals surface area (Å²) in [6, 6.07) is 15.9. The fraction of sp³-hybridized carbons (Fsp3) is 0.300. The molecule has 1 heterocycles. The van der Waals surface area contributed by atoms with Crippen molar-refractivity contribution in [3.8, 4) is 24.0 Å². The highest BCUT2D eigenvalue weighted by molar-refractivity contribution is 7.13. The standard InChI is InChI=1S/C30H32N4O2S/c1-7-34(8-2)25-12-10-23(29(17-25)36-21(3)4)11-14-27-16-15-26(37-27)13-9-22(5)28(20-33)30(35-6)24(18-31)19-32/h9-17,21H,7-8H2,1-6H3/b13-9+,14-11+,28-22+. The quantitative estimate of drug-likeness (QED) is 0.177. The summed E-state index contributed by atoms with van der Waals surface area (Å²) in [6.07, 6.45) is 7.86. The van der Waals surface area contributed by atoms with Gasteiger partial charge in [0, 0.05) is 40.2 Å². The highest BCUT2D eigenvalue weighted by Gasteiger charge is 2.14. The number of methoxy groups -OCH3 is 1. The molecular weight excluding hydrogens is 480 g/mol. The monoisotopic (exact) mass is 512 g/mol. The van der Waals surface area contributed by atoms with Gasteiger partial charge in [0.25, 0.3) is 0 Å². The van der Waals surface area contributed by atoms with Crippen molar-refractivity contribution >= 4 is 35.3 Å². The van der Waals surface area contributed by atoms with Crippen LogP contribution in [0, 0.1) is 34.0 Å². The average molecular weight is 513 g/mol. The Labute approximate surface area is 224 Å². The van der Waals surface area contributed by atoms with E-state index < -0.39 is 0 Å². The van der Waals surface area contributed by atoms with Crippen LogP contribution in [0.1, 0.15) is 49.9 Å². The van der Waals surface area contributed by atoms with E-state index in [1.807, 2.05) is 38.1 Å². The molecule has 2 aromatic rings. The molecule has 0 bridgehead atoms. The molecule has 2 rings (SSSR count). The van der Waals surface area contributed by atoms with E-state index in [-0.39, 0.29) is 23.0 Å². The highest BCUT2D eigenvalue weighted by Crippen LogP contribution is 2.30. The van der Waals surface area contributed by atoms with E-state index in [1.54, 1.807) is 36.5 Å².